The minimum Gasteiger partial charge on any atom is -0.488 e. The monoisotopic (exact) mass is 1940 g/mol. The summed E-state index contributed by atoms with van der Waals surface area (Å²) in [4.78, 5) is 82.9. The molecule has 22 rings (SSSR count). The molecule has 0 spiro atoms. The van der Waals surface area contributed by atoms with Gasteiger partial charge >= 0.3 is 23.9 Å². The van der Waals surface area contributed by atoms with E-state index in [-0.39, 0.29) is 35.5 Å². The van der Waals surface area contributed by atoms with Crippen molar-refractivity contribution in [2.24, 2.45) is 0 Å². The van der Waals surface area contributed by atoms with Crippen molar-refractivity contribution in [2.75, 3.05) is 0 Å². The lowest BCUT2D eigenvalue weighted by Gasteiger charge is -2.16. The predicted octanol–water partition coefficient (Wildman–Crippen LogP) is 30.0. The average molecular weight is 1940 g/mol. The first kappa shape index (κ1) is 94.4. The third-order valence-electron chi connectivity index (χ3n) is 25.0. The van der Waals surface area contributed by atoms with Gasteiger partial charge in [0.15, 0.2) is 0 Å². The summed E-state index contributed by atoms with van der Waals surface area (Å²) in [6, 6.07) is 92.4. The minimum atomic E-state index is -1.01. The molecule has 0 saturated carbocycles. The smallest absolute Gasteiger partial charge is 0.336 e. The Morgan fingerprint density at radius 1 is 0.282 bits per heavy atom. The second-order valence-corrected chi connectivity index (χ2v) is 37.7. The van der Waals surface area contributed by atoms with Gasteiger partial charge in [0.05, 0.1) is 106 Å². The molecule has 10 aromatic heterocycles. The third-order valence-corrected chi connectivity index (χ3v) is 28.9. The van der Waals surface area contributed by atoms with E-state index in [0.29, 0.717) is 103 Å². The molecule has 0 aliphatic heterocycles. The number of hydrogen-bond donors (Lipinski definition) is 4. The number of fused-ring (bicyclic) bond motifs is 8. The second kappa shape index (κ2) is 42.4. The first-order valence-corrected chi connectivity index (χ1v) is 50.0. The summed E-state index contributed by atoms with van der Waals surface area (Å²) in [6.45, 7) is 13.5. The van der Waals surface area contributed by atoms with Crippen molar-refractivity contribution in [3.05, 3.63) is 409 Å². The summed E-state index contributed by atoms with van der Waals surface area (Å²) in [6.07, 6.45) is 9.72. The van der Waals surface area contributed by atoms with Crippen molar-refractivity contribution >= 4 is 153 Å². The lowest BCUT2D eigenvalue weighted by molar-refractivity contribution is 0.0688. The number of nitrogens with zero attached hydrogens (tertiary/aromatic N) is 7. The number of hydrogen-bond acceptors (Lipinski definition) is 19. The van der Waals surface area contributed by atoms with Gasteiger partial charge in [0.1, 0.15) is 49.4 Å². The fourth-order valence-electron chi connectivity index (χ4n) is 17.8. The van der Waals surface area contributed by atoms with Crippen molar-refractivity contribution < 1.29 is 58.6 Å². The number of thiophene rings is 4. The van der Waals surface area contributed by atoms with Crippen LogP contribution in [-0.2, 0) is 52.1 Å². The zero-order valence-corrected chi connectivity index (χ0v) is 81.5. The molecule has 22 aromatic rings. The molecule has 0 radical (unpaired) electrons. The van der Waals surface area contributed by atoms with Crippen LogP contribution in [0.25, 0.3) is 152 Å². The Bertz CT molecular complexity index is 8560. The number of ether oxygens (including phenoxy) is 4. The van der Waals surface area contributed by atoms with Crippen LogP contribution < -0.4 is 18.9 Å². The normalized spacial score (nSPS) is 11.2. The summed E-state index contributed by atoms with van der Waals surface area (Å²) >= 11 is 6.53. The summed E-state index contributed by atoms with van der Waals surface area (Å²) in [5.74, 6) is -1.93. The van der Waals surface area contributed by atoms with Gasteiger partial charge < -0.3 is 39.4 Å². The highest BCUT2D eigenvalue weighted by Gasteiger charge is 2.28. The molecule has 12 aromatic carbocycles. The zero-order valence-electron chi connectivity index (χ0n) is 78.2. The highest BCUT2D eigenvalue weighted by Crippen LogP contribution is 2.45. The molecule has 0 saturated heterocycles. The van der Waals surface area contributed by atoms with Crippen LogP contribution >= 0.6 is 45.3 Å². The standard InChI is InChI=1S/C32H24N2O3S.C31H23N3O3S.2C28H23NO3S/c1-2-20-14-15-28(37-18-21-9-3-4-10-22(21)26-12-7-8-16-33-26)30-24(32(35)36)17-27(34-31(20)30)25-19-38-29-13-6-5-11-23(25)29;1-2-20-10-11-27(37-17-19-6-5-7-21(14-19)26-16-32-12-13-33-26)29-23(31(35)36)15-25(34-30(20)29)24-18-38-28-9-4-3-8-22(24)28;1-3-19-11-12-24(32-15-18-8-6-7-17(2)13-18)26-21(28(30)31)14-23(29-27(19)26)22-16-33-25-10-5-4-9-20(22)25;1-3-19-12-13-24(32-15-18-10-8-17(2)9-11-18)26-21(28(30)31)14-23(29-27(19)26)22-16-33-25-7-5-4-6-20(22)25/h3-17,19H,2,18H2,1H3,(H,35,36);3-16,18H,2,17H2,1H3,(H,35,36);2*4-14,16H,3,15H2,1-2H3,(H,30,31). The van der Waals surface area contributed by atoms with E-state index in [1.165, 1.54) is 5.56 Å². The van der Waals surface area contributed by atoms with Crippen LogP contribution in [0.15, 0.2) is 331 Å². The van der Waals surface area contributed by atoms with E-state index in [1.807, 2.05) is 268 Å². The highest BCUT2D eigenvalue weighted by molar-refractivity contribution is 7.18. The Balaban J connectivity index is 0.000000120. The number of aryl methyl sites for hydroxylation is 6. The van der Waals surface area contributed by atoms with Crippen LogP contribution in [0.5, 0.6) is 23.0 Å². The quantitative estimate of drug-likeness (QED) is 0.0392. The Hall–Kier alpha value is -16.6. The van der Waals surface area contributed by atoms with E-state index < -0.39 is 23.9 Å². The fraction of sp³-hybridized carbons (Fsp3) is 0.118. The molecule has 10 heterocycles. The van der Waals surface area contributed by atoms with Crippen molar-refractivity contribution in [3.8, 4) is 90.5 Å². The molecule has 0 aliphatic carbocycles. The van der Waals surface area contributed by atoms with E-state index in [9.17, 15) is 39.6 Å². The first-order chi connectivity index (χ1) is 69.3. The van der Waals surface area contributed by atoms with Gasteiger partial charge in [0.25, 0.3) is 0 Å². The van der Waals surface area contributed by atoms with Gasteiger partial charge in [-0.25, -0.2) is 39.1 Å². The second-order valence-electron chi connectivity index (χ2n) is 34.0. The van der Waals surface area contributed by atoms with E-state index >= 15 is 0 Å². The number of carboxylic acid groups (broad SMARTS) is 4. The number of aromatic nitrogens is 7. The molecule has 19 nitrogen and oxygen atoms in total. The van der Waals surface area contributed by atoms with Crippen molar-refractivity contribution in [3.63, 3.8) is 0 Å². The fourth-order valence-corrected chi connectivity index (χ4v) is 21.6. The number of rotatable bonds is 26. The maximum Gasteiger partial charge on any atom is 0.336 e. The first-order valence-electron chi connectivity index (χ1n) is 46.5. The van der Waals surface area contributed by atoms with Gasteiger partial charge in [0, 0.05) is 114 Å². The van der Waals surface area contributed by atoms with Gasteiger partial charge in [-0.2, -0.15) is 0 Å². The minimum absolute atomic E-state index is 0.180. The molecule has 0 amide bonds. The molecule has 0 fully saturated rings. The molecule has 700 valence electrons. The summed E-state index contributed by atoms with van der Waals surface area (Å²) in [7, 11) is 0. The number of carboxylic acids is 4. The van der Waals surface area contributed by atoms with Crippen LogP contribution in [-0.4, -0.2) is 79.2 Å². The Morgan fingerprint density at radius 2 is 0.634 bits per heavy atom. The number of benzene rings is 12. The molecule has 0 atom stereocenters. The Kier molecular flexibility index (Phi) is 28.2. The SMILES string of the molecule is CCc1ccc(OCc2ccc(C)cc2)c2c(C(=O)O)cc(-c3csc4ccccc34)nc12.CCc1ccc(OCc2cccc(-c3cnccn3)c2)c2c(C(=O)O)cc(-c3csc4ccccc34)nc12.CCc1ccc(OCc2cccc(C)c2)c2c(C(=O)O)cc(-c3csc4ccccc34)nc12.CCc1ccc(OCc2ccccc2-c2ccccn2)c2c(C(=O)O)cc(-c3csc4ccccc34)nc12. The maximum atomic E-state index is 12.6. The zero-order chi connectivity index (χ0) is 98.0. The van der Waals surface area contributed by atoms with Crippen LogP contribution in [0, 0.1) is 13.8 Å². The van der Waals surface area contributed by atoms with E-state index in [2.05, 4.69) is 71.3 Å². The molecule has 0 unspecified atom stereocenters. The average Bonchev–Trinajstić information content (AvgIpc) is 1.36. The van der Waals surface area contributed by atoms with Gasteiger partial charge in [-0.15, -0.1) is 45.3 Å². The molecule has 142 heavy (non-hydrogen) atoms. The molecule has 4 N–H and O–H groups in total. The lowest BCUT2D eigenvalue weighted by Crippen LogP contribution is -2.05. The summed E-state index contributed by atoms with van der Waals surface area (Å²) in [5, 5.41) is 55.5. The van der Waals surface area contributed by atoms with Crippen molar-refractivity contribution in [1.29, 1.82) is 0 Å². The van der Waals surface area contributed by atoms with Gasteiger partial charge in [-0.3, -0.25) is 15.0 Å². The van der Waals surface area contributed by atoms with Crippen LogP contribution in [0.4, 0.5) is 0 Å². The molecule has 0 bridgehead atoms. The molecule has 0 aliphatic rings. The largest absolute Gasteiger partial charge is 0.488 e. The molecular weight excluding hydrogens is 1850 g/mol. The molecule has 23 heteroatoms. The summed E-state index contributed by atoms with van der Waals surface area (Å²) in [5.41, 5.74) is 23.7. The summed E-state index contributed by atoms with van der Waals surface area (Å²) < 4.78 is 29.4. The topological polar surface area (TPSA) is 276 Å². The highest BCUT2D eigenvalue weighted by atomic mass is 32.1. The van der Waals surface area contributed by atoms with Gasteiger partial charge in [0.2, 0.25) is 0 Å². The van der Waals surface area contributed by atoms with E-state index in [4.69, 9.17) is 38.9 Å². The number of pyridine rings is 5. The van der Waals surface area contributed by atoms with Crippen molar-refractivity contribution in [1.82, 2.24) is 34.9 Å². The number of aromatic carboxylic acids is 4. The number of carbonyl (C=O) groups is 4. The maximum absolute atomic E-state index is 12.6. The van der Waals surface area contributed by atoms with Crippen LogP contribution in [0.1, 0.15) is 125 Å². The molecular formula is C119H93N7O12S4. The van der Waals surface area contributed by atoms with Gasteiger partial charge in [-0.1, -0.05) is 233 Å². The van der Waals surface area contributed by atoms with Gasteiger partial charge in [-0.05, 0) is 175 Å². The predicted molar refractivity (Wildman–Crippen MR) is 572 cm³/mol. The van der Waals surface area contributed by atoms with Crippen molar-refractivity contribution in [2.45, 2.75) is 93.7 Å². The Morgan fingerprint density at radius 3 is 1.00 bits per heavy atom. The Labute approximate surface area is 834 Å². The third kappa shape index (κ3) is 20.0. The van der Waals surface area contributed by atoms with E-state index in [1.54, 1.807) is 94.4 Å². The van der Waals surface area contributed by atoms with Crippen LogP contribution in [0.3, 0.4) is 0 Å². The lowest BCUT2D eigenvalue weighted by atomic mass is 9.99. The van der Waals surface area contributed by atoms with Crippen LogP contribution in [0.2, 0.25) is 0 Å². The van der Waals surface area contributed by atoms with E-state index in [0.717, 1.165) is 161 Å².